The number of anilines is 1. The molecule has 1 aromatic rings. The van der Waals surface area contributed by atoms with Gasteiger partial charge in [0.2, 0.25) is 5.91 Å². The fraction of sp³-hybridized carbons (Fsp3) is 0.571. The van der Waals surface area contributed by atoms with Crippen molar-refractivity contribution >= 4 is 23.3 Å². The molecule has 6 heteroatoms. The molecular weight excluding hydrogens is 278 g/mol. The van der Waals surface area contributed by atoms with E-state index in [0.717, 1.165) is 0 Å². The van der Waals surface area contributed by atoms with Crippen molar-refractivity contribution in [2.75, 3.05) is 31.6 Å². The van der Waals surface area contributed by atoms with Crippen molar-refractivity contribution in [1.82, 2.24) is 9.88 Å². The highest BCUT2D eigenvalue weighted by Gasteiger charge is 2.28. The molecule has 1 unspecified atom stereocenters. The Bertz CT molecular complexity index is 444. The molecule has 110 valence electrons. The van der Waals surface area contributed by atoms with E-state index < -0.39 is 0 Å². The van der Waals surface area contributed by atoms with Crippen LogP contribution in [-0.2, 0) is 9.53 Å². The van der Waals surface area contributed by atoms with Gasteiger partial charge in [-0.15, -0.1) is 0 Å². The molecule has 1 aromatic heterocycles. The van der Waals surface area contributed by atoms with Gasteiger partial charge in [-0.3, -0.25) is 4.79 Å². The van der Waals surface area contributed by atoms with Gasteiger partial charge in [-0.1, -0.05) is 25.4 Å². The normalized spacial score (nSPS) is 17.1. The standard InChI is InChI=1S/C14H20ClN3O2/c1-10(2)13(14(19)18-5-7-20-8-6-18)17-12-4-3-11(15)9-16-12/h3-4,9-10,13H,5-8H2,1-2H3,(H,16,17). The van der Waals surface area contributed by atoms with Crippen LogP contribution >= 0.6 is 11.6 Å². The Morgan fingerprint density at radius 3 is 2.65 bits per heavy atom. The number of carbonyl (C=O) groups is 1. The molecule has 1 aliphatic heterocycles. The molecule has 5 nitrogen and oxygen atoms in total. The van der Waals surface area contributed by atoms with Crippen molar-refractivity contribution in [3.63, 3.8) is 0 Å². The van der Waals surface area contributed by atoms with Crippen LogP contribution in [0.1, 0.15) is 13.8 Å². The molecular formula is C14H20ClN3O2. The largest absolute Gasteiger partial charge is 0.378 e. The van der Waals surface area contributed by atoms with Gasteiger partial charge in [0.1, 0.15) is 11.9 Å². The second-order valence-electron chi connectivity index (χ2n) is 5.17. The number of carbonyl (C=O) groups excluding carboxylic acids is 1. The molecule has 1 N–H and O–H groups in total. The first-order valence-electron chi connectivity index (χ1n) is 6.82. The second kappa shape index (κ2) is 6.90. The number of nitrogens with one attached hydrogen (secondary N) is 1. The number of morpholine rings is 1. The van der Waals surface area contributed by atoms with Crippen LogP contribution in [-0.4, -0.2) is 48.1 Å². The van der Waals surface area contributed by atoms with Crippen molar-refractivity contribution in [2.45, 2.75) is 19.9 Å². The number of rotatable bonds is 4. The number of hydrogen-bond acceptors (Lipinski definition) is 4. The second-order valence-corrected chi connectivity index (χ2v) is 5.60. The number of pyridine rings is 1. The number of hydrogen-bond donors (Lipinski definition) is 1. The number of nitrogens with zero attached hydrogens (tertiary/aromatic N) is 2. The highest BCUT2D eigenvalue weighted by molar-refractivity contribution is 6.30. The summed E-state index contributed by atoms with van der Waals surface area (Å²) in [6.07, 6.45) is 1.57. The van der Waals surface area contributed by atoms with Gasteiger partial charge >= 0.3 is 0 Å². The third kappa shape index (κ3) is 3.84. The fourth-order valence-corrected chi connectivity index (χ4v) is 2.23. The van der Waals surface area contributed by atoms with Crippen LogP contribution < -0.4 is 5.32 Å². The molecule has 0 aliphatic carbocycles. The predicted molar refractivity (Wildman–Crippen MR) is 78.9 cm³/mol. The van der Waals surface area contributed by atoms with Gasteiger partial charge < -0.3 is 15.0 Å². The number of ether oxygens (including phenoxy) is 1. The summed E-state index contributed by atoms with van der Waals surface area (Å²) in [5.41, 5.74) is 0. The Balaban J connectivity index is 2.06. The summed E-state index contributed by atoms with van der Waals surface area (Å²) in [7, 11) is 0. The van der Waals surface area contributed by atoms with Crippen LogP contribution in [0.4, 0.5) is 5.82 Å². The van der Waals surface area contributed by atoms with Gasteiger partial charge in [0, 0.05) is 19.3 Å². The van der Waals surface area contributed by atoms with Crippen molar-refractivity contribution in [1.29, 1.82) is 0 Å². The van der Waals surface area contributed by atoms with Gasteiger partial charge in [-0.05, 0) is 18.1 Å². The zero-order chi connectivity index (χ0) is 14.5. The summed E-state index contributed by atoms with van der Waals surface area (Å²) in [5, 5.41) is 3.78. The van der Waals surface area contributed by atoms with E-state index in [-0.39, 0.29) is 17.9 Å². The van der Waals surface area contributed by atoms with E-state index in [1.807, 2.05) is 18.7 Å². The molecule has 0 spiro atoms. The average molecular weight is 298 g/mol. The Morgan fingerprint density at radius 2 is 2.10 bits per heavy atom. The third-order valence-electron chi connectivity index (χ3n) is 3.29. The maximum absolute atomic E-state index is 12.6. The van der Waals surface area contributed by atoms with Crippen LogP contribution in [0, 0.1) is 5.92 Å². The van der Waals surface area contributed by atoms with E-state index in [0.29, 0.717) is 37.1 Å². The van der Waals surface area contributed by atoms with Crippen LogP contribution in [0.25, 0.3) is 0 Å². The molecule has 1 fully saturated rings. The number of halogens is 1. The van der Waals surface area contributed by atoms with Gasteiger partial charge in [-0.25, -0.2) is 4.98 Å². The molecule has 1 atom stereocenters. The lowest BCUT2D eigenvalue weighted by atomic mass is 10.0. The van der Waals surface area contributed by atoms with Crippen LogP contribution in [0.3, 0.4) is 0 Å². The summed E-state index contributed by atoms with van der Waals surface area (Å²) < 4.78 is 5.28. The lowest BCUT2D eigenvalue weighted by Crippen LogP contribution is -2.49. The molecule has 1 aliphatic rings. The molecule has 2 heterocycles. The minimum Gasteiger partial charge on any atom is -0.378 e. The van der Waals surface area contributed by atoms with E-state index in [9.17, 15) is 4.79 Å². The van der Waals surface area contributed by atoms with E-state index in [2.05, 4.69) is 10.3 Å². The van der Waals surface area contributed by atoms with Crippen molar-refractivity contribution < 1.29 is 9.53 Å². The maximum atomic E-state index is 12.6. The number of amides is 1. The van der Waals surface area contributed by atoms with Crippen LogP contribution in [0.5, 0.6) is 0 Å². The van der Waals surface area contributed by atoms with Gasteiger partial charge in [0.15, 0.2) is 0 Å². The minimum atomic E-state index is -0.290. The molecule has 1 amide bonds. The summed E-state index contributed by atoms with van der Waals surface area (Å²) >= 11 is 5.82. The quantitative estimate of drug-likeness (QED) is 0.924. The summed E-state index contributed by atoms with van der Waals surface area (Å²) in [6.45, 7) is 6.55. The zero-order valence-electron chi connectivity index (χ0n) is 11.8. The Kier molecular flexibility index (Phi) is 5.20. The molecule has 2 rings (SSSR count). The van der Waals surface area contributed by atoms with E-state index in [1.165, 1.54) is 0 Å². The molecule has 1 saturated heterocycles. The topological polar surface area (TPSA) is 54.5 Å². The Labute approximate surface area is 124 Å². The fourth-order valence-electron chi connectivity index (χ4n) is 2.11. The first-order chi connectivity index (χ1) is 9.58. The molecule has 0 saturated carbocycles. The van der Waals surface area contributed by atoms with E-state index >= 15 is 0 Å². The van der Waals surface area contributed by atoms with Crippen LogP contribution in [0.2, 0.25) is 5.02 Å². The predicted octanol–water partition coefficient (Wildman–Crippen LogP) is 2.03. The smallest absolute Gasteiger partial charge is 0.245 e. The van der Waals surface area contributed by atoms with E-state index in [4.69, 9.17) is 16.3 Å². The summed E-state index contributed by atoms with van der Waals surface area (Å²) in [6, 6.07) is 3.25. The molecule has 0 aromatic carbocycles. The molecule has 0 radical (unpaired) electrons. The molecule has 0 bridgehead atoms. The maximum Gasteiger partial charge on any atom is 0.245 e. The summed E-state index contributed by atoms with van der Waals surface area (Å²) in [4.78, 5) is 18.6. The minimum absolute atomic E-state index is 0.0973. The van der Waals surface area contributed by atoms with Gasteiger partial charge in [0.25, 0.3) is 0 Å². The van der Waals surface area contributed by atoms with Crippen molar-refractivity contribution in [3.8, 4) is 0 Å². The Morgan fingerprint density at radius 1 is 1.40 bits per heavy atom. The lowest BCUT2D eigenvalue weighted by Gasteiger charge is -2.32. The highest BCUT2D eigenvalue weighted by atomic mass is 35.5. The lowest BCUT2D eigenvalue weighted by molar-refractivity contribution is -0.137. The Hall–Kier alpha value is -1.33. The van der Waals surface area contributed by atoms with Gasteiger partial charge in [0.05, 0.1) is 18.2 Å². The van der Waals surface area contributed by atoms with Crippen molar-refractivity contribution in [3.05, 3.63) is 23.4 Å². The van der Waals surface area contributed by atoms with E-state index in [1.54, 1.807) is 18.3 Å². The zero-order valence-corrected chi connectivity index (χ0v) is 12.6. The summed E-state index contributed by atoms with van der Waals surface area (Å²) in [5.74, 6) is 0.928. The first-order valence-corrected chi connectivity index (χ1v) is 7.20. The van der Waals surface area contributed by atoms with Crippen molar-refractivity contribution in [2.24, 2.45) is 5.92 Å². The average Bonchev–Trinajstić information content (AvgIpc) is 2.46. The van der Waals surface area contributed by atoms with Gasteiger partial charge in [-0.2, -0.15) is 0 Å². The van der Waals surface area contributed by atoms with Crippen LogP contribution in [0.15, 0.2) is 18.3 Å². The first kappa shape index (κ1) is 15.1. The third-order valence-corrected chi connectivity index (χ3v) is 3.51. The highest BCUT2D eigenvalue weighted by Crippen LogP contribution is 2.15. The monoisotopic (exact) mass is 297 g/mol. The molecule has 20 heavy (non-hydrogen) atoms. The number of aromatic nitrogens is 1. The SMILES string of the molecule is CC(C)C(Nc1ccc(Cl)cn1)C(=O)N1CCOCC1.